The minimum atomic E-state index is -1.92. The molecule has 4 nitrogen and oxygen atoms in total. The van der Waals surface area contributed by atoms with Crippen molar-refractivity contribution in [1.82, 2.24) is 0 Å². The van der Waals surface area contributed by atoms with Crippen molar-refractivity contribution in [3.63, 3.8) is 0 Å². The first kappa shape index (κ1) is 23.9. The number of nitrogens with two attached hydrogens (primary N) is 1. The molecule has 164 valence electrons. The van der Waals surface area contributed by atoms with Crippen LogP contribution in [0.2, 0.25) is 18.1 Å². The smallest absolute Gasteiger partial charge is 0.326 e. The molecule has 0 saturated heterocycles. The predicted octanol–water partition coefficient (Wildman–Crippen LogP) is 5.84. The van der Waals surface area contributed by atoms with E-state index < -0.39 is 13.9 Å². The molecule has 1 aliphatic rings. The lowest BCUT2D eigenvalue weighted by Crippen LogP contribution is -2.51. The zero-order valence-electron chi connectivity index (χ0n) is 19.3. The Labute approximate surface area is 178 Å². The van der Waals surface area contributed by atoms with Crippen LogP contribution in [0.4, 0.5) is 0 Å². The van der Waals surface area contributed by atoms with Crippen LogP contribution in [0.3, 0.4) is 0 Å². The molecule has 0 amide bonds. The lowest BCUT2D eigenvalue weighted by Gasteiger charge is -2.36. The SMILES string of the molecule is COC(=O)C(N)(CCC1CCCCC1)Cc1cccc(O[Si](C)(C)C(C)(C)C)c1. The van der Waals surface area contributed by atoms with Crippen LogP contribution in [-0.4, -0.2) is 26.9 Å². The van der Waals surface area contributed by atoms with Gasteiger partial charge in [0.1, 0.15) is 11.3 Å². The van der Waals surface area contributed by atoms with E-state index in [1.807, 2.05) is 24.3 Å². The monoisotopic (exact) mass is 419 g/mol. The molecule has 1 aromatic rings. The van der Waals surface area contributed by atoms with Crippen LogP contribution in [0.1, 0.15) is 71.3 Å². The zero-order valence-corrected chi connectivity index (χ0v) is 20.3. The molecule has 0 radical (unpaired) electrons. The fourth-order valence-corrected chi connectivity index (χ4v) is 4.96. The van der Waals surface area contributed by atoms with Crippen molar-refractivity contribution in [2.75, 3.05) is 7.11 Å². The number of carbonyl (C=O) groups excluding carboxylic acids is 1. The van der Waals surface area contributed by atoms with Gasteiger partial charge in [0.05, 0.1) is 7.11 Å². The van der Waals surface area contributed by atoms with Crippen LogP contribution in [-0.2, 0) is 16.0 Å². The molecule has 2 N–H and O–H groups in total. The summed E-state index contributed by atoms with van der Waals surface area (Å²) in [5.74, 6) is 1.24. The Balaban J connectivity index is 2.13. The molecule has 1 unspecified atom stereocenters. The van der Waals surface area contributed by atoms with Gasteiger partial charge in [-0.25, -0.2) is 0 Å². The van der Waals surface area contributed by atoms with Crippen molar-refractivity contribution in [3.05, 3.63) is 29.8 Å². The van der Waals surface area contributed by atoms with Crippen LogP contribution < -0.4 is 10.2 Å². The molecule has 1 fully saturated rings. The number of hydrogen-bond acceptors (Lipinski definition) is 4. The number of ether oxygens (including phenoxy) is 1. The van der Waals surface area contributed by atoms with Crippen molar-refractivity contribution < 1.29 is 14.0 Å². The Morgan fingerprint density at radius 1 is 1.17 bits per heavy atom. The van der Waals surface area contributed by atoms with Crippen molar-refractivity contribution in [2.24, 2.45) is 11.7 Å². The minimum Gasteiger partial charge on any atom is -0.543 e. The van der Waals surface area contributed by atoms with Gasteiger partial charge in [0.15, 0.2) is 0 Å². The Hall–Kier alpha value is -1.33. The first-order valence-electron chi connectivity index (χ1n) is 11.1. The summed E-state index contributed by atoms with van der Waals surface area (Å²) in [5, 5.41) is 0.132. The van der Waals surface area contributed by atoms with Gasteiger partial charge < -0.3 is 14.9 Å². The first-order valence-corrected chi connectivity index (χ1v) is 14.0. The standard InChI is InChI=1S/C24H41NO3Si/c1-23(2,3)29(5,6)28-21-14-10-13-20(17-21)18-24(25,22(26)27-4)16-15-19-11-8-7-9-12-19/h10,13-14,17,19H,7-9,11-12,15-16,18,25H2,1-6H3. The van der Waals surface area contributed by atoms with E-state index in [0.29, 0.717) is 18.8 Å². The second kappa shape index (κ2) is 9.65. The summed E-state index contributed by atoms with van der Waals surface area (Å²) in [7, 11) is -0.485. The Bertz CT molecular complexity index is 677. The van der Waals surface area contributed by atoms with E-state index >= 15 is 0 Å². The quantitative estimate of drug-likeness (QED) is 0.424. The molecule has 5 heteroatoms. The molecule has 0 heterocycles. The lowest BCUT2D eigenvalue weighted by molar-refractivity contribution is -0.147. The number of hydrogen-bond donors (Lipinski definition) is 1. The van der Waals surface area contributed by atoms with E-state index in [-0.39, 0.29) is 11.0 Å². The molecular formula is C24H41NO3Si. The number of benzene rings is 1. The first-order chi connectivity index (χ1) is 13.5. The highest BCUT2D eigenvalue weighted by atomic mass is 28.4. The maximum atomic E-state index is 12.6. The van der Waals surface area contributed by atoms with Crippen molar-refractivity contribution in [1.29, 1.82) is 0 Å². The van der Waals surface area contributed by atoms with Crippen LogP contribution in [0.5, 0.6) is 5.75 Å². The topological polar surface area (TPSA) is 61.5 Å². The summed E-state index contributed by atoms with van der Waals surface area (Å²) in [6.45, 7) is 11.2. The number of esters is 1. The average molecular weight is 420 g/mol. The second-order valence-electron chi connectivity index (χ2n) is 10.4. The van der Waals surface area contributed by atoms with Gasteiger partial charge in [-0.15, -0.1) is 0 Å². The van der Waals surface area contributed by atoms with Crippen LogP contribution in [0, 0.1) is 5.92 Å². The highest BCUT2D eigenvalue weighted by molar-refractivity contribution is 6.74. The molecule has 0 bridgehead atoms. The maximum Gasteiger partial charge on any atom is 0.326 e. The van der Waals surface area contributed by atoms with E-state index in [1.54, 1.807) is 0 Å². The Kier molecular flexibility index (Phi) is 7.97. The Morgan fingerprint density at radius 3 is 2.41 bits per heavy atom. The third kappa shape index (κ3) is 6.58. The average Bonchev–Trinajstić information content (AvgIpc) is 2.65. The van der Waals surface area contributed by atoms with Gasteiger partial charge in [0, 0.05) is 6.42 Å². The summed E-state index contributed by atoms with van der Waals surface area (Å²) in [6, 6.07) is 8.08. The van der Waals surface area contributed by atoms with Crippen molar-refractivity contribution in [3.8, 4) is 5.75 Å². The van der Waals surface area contributed by atoms with Crippen molar-refractivity contribution >= 4 is 14.3 Å². The molecule has 1 atom stereocenters. The molecule has 1 aromatic carbocycles. The van der Waals surface area contributed by atoms with Crippen LogP contribution in [0.15, 0.2) is 24.3 Å². The van der Waals surface area contributed by atoms with Gasteiger partial charge in [-0.1, -0.05) is 65.0 Å². The molecule has 0 aliphatic heterocycles. The van der Waals surface area contributed by atoms with Crippen LogP contribution >= 0.6 is 0 Å². The summed E-state index contributed by atoms with van der Waals surface area (Å²) >= 11 is 0. The van der Waals surface area contributed by atoms with Crippen molar-refractivity contribution in [2.45, 2.75) is 95.8 Å². The van der Waals surface area contributed by atoms with E-state index in [1.165, 1.54) is 39.2 Å². The molecule has 29 heavy (non-hydrogen) atoms. The summed E-state index contributed by atoms with van der Waals surface area (Å²) in [6.07, 6.45) is 8.58. The van der Waals surface area contributed by atoms with E-state index in [0.717, 1.165) is 17.7 Å². The molecular weight excluding hydrogens is 378 g/mol. The largest absolute Gasteiger partial charge is 0.543 e. The fraction of sp³-hybridized carbons (Fsp3) is 0.708. The molecule has 0 aromatic heterocycles. The van der Waals surface area contributed by atoms with E-state index in [2.05, 4.69) is 33.9 Å². The Morgan fingerprint density at radius 2 is 1.83 bits per heavy atom. The van der Waals surface area contributed by atoms with Gasteiger partial charge in [0.2, 0.25) is 8.32 Å². The molecule has 1 aliphatic carbocycles. The normalized spacial score (nSPS) is 18.2. The summed E-state index contributed by atoms with van der Waals surface area (Å²) < 4.78 is 11.5. The summed E-state index contributed by atoms with van der Waals surface area (Å²) in [4.78, 5) is 12.6. The van der Waals surface area contributed by atoms with E-state index in [4.69, 9.17) is 14.9 Å². The van der Waals surface area contributed by atoms with Gasteiger partial charge in [0.25, 0.3) is 0 Å². The maximum absolute atomic E-state index is 12.6. The third-order valence-corrected chi connectivity index (χ3v) is 11.3. The molecule has 2 rings (SSSR count). The number of methoxy groups -OCH3 is 1. The lowest BCUT2D eigenvalue weighted by atomic mass is 9.80. The van der Waals surface area contributed by atoms with E-state index in [9.17, 15) is 4.79 Å². The van der Waals surface area contributed by atoms with Gasteiger partial charge in [-0.2, -0.15) is 0 Å². The second-order valence-corrected chi connectivity index (χ2v) is 15.1. The molecule has 1 saturated carbocycles. The summed E-state index contributed by atoms with van der Waals surface area (Å²) in [5.41, 5.74) is 6.68. The molecule has 0 spiro atoms. The van der Waals surface area contributed by atoms with Gasteiger partial charge >= 0.3 is 5.97 Å². The zero-order chi connectivity index (χ0) is 21.7. The highest BCUT2D eigenvalue weighted by Gasteiger charge is 2.39. The number of carbonyl (C=O) groups is 1. The number of rotatable bonds is 8. The third-order valence-electron chi connectivity index (χ3n) is 6.91. The van der Waals surface area contributed by atoms with Gasteiger partial charge in [-0.3, -0.25) is 4.79 Å². The minimum absolute atomic E-state index is 0.132. The van der Waals surface area contributed by atoms with Crippen LogP contribution in [0.25, 0.3) is 0 Å². The fourth-order valence-electron chi connectivity index (χ4n) is 3.93. The predicted molar refractivity (Wildman–Crippen MR) is 123 cm³/mol. The van der Waals surface area contributed by atoms with Gasteiger partial charge in [-0.05, 0) is 54.6 Å². The highest BCUT2D eigenvalue weighted by Crippen LogP contribution is 2.38.